The van der Waals surface area contributed by atoms with Crippen LogP contribution in [0.1, 0.15) is 39.8 Å². The molecule has 6 heteroatoms. The molecule has 1 aliphatic rings. The fraction of sp³-hybridized carbons (Fsp3) is 0.615. The summed E-state index contributed by atoms with van der Waals surface area (Å²) in [5, 5.41) is 0. The van der Waals surface area contributed by atoms with E-state index in [1.807, 2.05) is 13.8 Å². The zero-order chi connectivity index (χ0) is 14.2. The van der Waals surface area contributed by atoms with Gasteiger partial charge in [-0.05, 0) is 25.7 Å². The van der Waals surface area contributed by atoms with Crippen LogP contribution in [0.3, 0.4) is 0 Å². The van der Waals surface area contributed by atoms with Crippen LogP contribution in [0.15, 0.2) is 21.9 Å². The van der Waals surface area contributed by atoms with Crippen LogP contribution < -0.4 is 11.2 Å². The Labute approximate surface area is 110 Å². The van der Waals surface area contributed by atoms with Gasteiger partial charge in [0.05, 0.1) is 0 Å². The van der Waals surface area contributed by atoms with Crippen molar-refractivity contribution in [3.05, 3.63) is 33.1 Å². The summed E-state index contributed by atoms with van der Waals surface area (Å²) in [5.74, 6) is 0.00121. The van der Waals surface area contributed by atoms with Gasteiger partial charge in [0.25, 0.3) is 5.56 Å². The zero-order valence-electron chi connectivity index (χ0n) is 11.3. The molecule has 0 spiro atoms. The summed E-state index contributed by atoms with van der Waals surface area (Å²) >= 11 is 0. The summed E-state index contributed by atoms with van der Waals surface area (Å²) in [4.78, 5) is 36.8. The van der Waals surface area contributed by atoms with E-state index in [1.165, 1.54) is 23.8 Å². The molecule has 1 saturated heterocycles. The fourth-order valence-electron chi connectivity index (χ4n) is 2.83. The number of aromatic amines is 1. The average Bonchev–Trinajstić information content (AvgIpc) is 2.67. The fourth-order valence-corrected chi connectivity index (χ4v) is 2.83. The molecule has 0 radical (unpaired) electrons. The molecule has 1 N–H and O–H groups in total. The van der Waals surface area contributed by atoms with Crippen molar-refractivity contribution in [1.82, 2.24) is 9.55 Å². The Balaban J connectivity index is 2.38. The molecule has 19 heavy (non-hydrogen) atoms. The number of nitrogens with one attached hydrogen (secondary N) is 1. The van der Waals surface area contributed by atoms with Crippen molar-refractivity contribution in [2.24, 2.45) is 5.92 Å². The Kier molecular flexibility index (Phi) is 3.45. The molecule has 1 aromatic rings. The number of H-pyrrole nitrogens is 1. The van der Waals surface area contributed by atoms with Crippen LogP contribution in [0.5, 0.6) is 0 Å². The summed E-state index contributed by atoms with van der Waals surface area (Å²) in [6.45, 7) is 5.36. The number of aromatic nitrogens is 2. The Bertz CT molecular complexity index is 603. The minimum absolute atomic E-state index is 0.0255. The minimum Gasteiger partial charge on any atom is -0.343 e. The Morgan fingerprint density at radius 1 is 1.58 bits per heavy atom. The largest absolute Gasteiger partial charge is 0.343 e. The molecular formula is C13H18N2O4. The maximum atomic E-state index is 11.9. The van der Waals surface area contributed by atoms with E-state index in [9.17, 15) is 14.4 Å². The summed E-state index contributed by atoms with van der Waals surface area (Å²) in [7, 11) is 0. The van der Waals surface area contributed by atoms with E-state index in [-0.39, 0.29) is 11.7 Å². The SMILES string of the molecule is CC[C@@]1(C(C)=O)O[C@@H](n2ccc(=O)[nH]c2=O)C[C@@H]1C. The molecule has 0 aromatic carbocycles. The summed E-state index contributed by atoms with van der Waals surface area (Å²) in [6, 6.07) is 1.27. The lowest BCUT2D eigenvalue weighted by atomic mass is 9.83. The van der Waals surface area contributed by atoms with E-state index in [0.717, 1.165) is 0 Å². The van der Waals surface area contributed by atoms with Gasteiger partial charge in [0, 0.05) is 12.3 Å². The van der Waals surface area contributed by atoms with Crippen LogP contribution >= 0.6 is 0 Å². The van der Waals surface area contributed by atoms with Crippen molar-refractivity contribution >= 4 is 5.78 Å². The Morgan fingerprint density at radius 3 is 2.74 bits per heavy atom. The lowest BCUT2D eigenvalue weighted by molar-refractivity contribution is -0.149. The van der Waals surface area contributed by atoms with Crippen LogP contribution in [0.4, 0.5) is 0 Å². The molecule has 1 fully saturated rings. The summed E-state index contributed by atoms with van der Waals surface area (Å²) in [5.41, 5.74) is -1.79. The van der Waals surface area contributed by atoms with Gasteiger partial charge in [-0.3, -0.25) is 19.1 Å². The molecule has 0 aliphatic carbocycles. The molecule has 2 heterocycles. The molecule has 2 rings (SSSR count). The monoisotopic (exact) mass is 266 g/mol. The Morgan fingerprint density at radius 2 is 2.26 bits per heavy atom. The van der Waals surface area contributed by atoms with Gasteiger partial charge in [0.15, 0.2) is 5.78 Å². The van der Waals surface area contributed by atoms with Crippen molar-refractivity contribution in [2.75, 3.05) is 0 Å². The van der Waals surface area contributed by atoms with Crippen LogP contribution in [-0.2, 0) is 9.53 Å². The summed E-state index contributed by atoms with van der Waals surface area (Å²) < 4.78 is 7.20. The first-order valence-electron chi connectivity index (χ1n) is 6.41. The molecule has 6 nitrogen and oxygen atoms in total. The number of Topliss-reactive ketones (excluding diaryl/α,β-unsaturated/α-hetero) is 1. The van der Waals surface area contributed by atoms with Crippen LogP contribution in [0.25, 0.3) is 0 Å². The van der Waals surface area contributed by atoms with Crippen molar-refractivity contribution in [3.63, 3.8) is 0 Å². The summed E-state index contributed by atoms with van der Waals surface area (Å²) in [6.07, 6.45) is 2.03. The minimum atomic E-state index is -0.833. The predicted octanol–water partition coefficient (Wildman–Crippen LogP) is 0.829. The highest BCUT2D eigenvalue weighted by Gasteiger charge is 2.49. The lowest BCUT2D eigenvalue weighted by Crippen LogP contribution is -2.41. The second-order valence-electron chi connectivity index (χ2n) is 5.03. The first-order valence-corrected chi connectivity index (χ1v) is 6.41. The highest BCUT2D eigenvalue weighted by atomic mass is 16.5. The lowest BCUT2D eigenvalue weighted by Gasteiger charge is -2.29. The van der Waals surface area contributed by atoms with Gasteiger partial charge >= 0.3 is 5.69 Å². The standard InChI is InChI=1S/C13H18N2O4/c1-4-13(9(3)16)8(2)7-11(19-13)15-6-5-10(17)14-12(15)18/h5-6,8,11H,4,7H2,1-3H3,(H,14,17,18)/t8-,11+,13+/m0/s1. The quantitative estimate of drug-likeness (QED) is 0.878. The third-order valence-electron chi connectivity index (χ3n) is 3.98. The van der Waals surface area contributed by atoms with Gasteiger partial charge < -0.3 is 4.74 Å². The molecule has 1 aromatic heterocycles. The normalized spacial score (nSPS) is 30.5. The number of ether oxygens (including phenoxy) is 1. The van der Waals surface area contributed by atoms with Gasteiger partial charge in [0.2, 0.25) is 0 Å². The van der Waals surface area contributed by atoms with Crippen molar-refractivity contribution in [2.45, 2.75) is 45.4 Å². The molecule has 1 aliphatic heterocycles. The Hall–Kier alpha value is -1.69. The molecular weight excluding hydrogens is 248 g/mol. The van der Waals surface area contributed by atoms with E-state index in [4.69, 9.17) is 4.74 Å². The molecule has 0 saturated carbocycles. The molecule has 0 unspecified atom stereocenters. The van der Waals surface area contributed by atoms with Crippen LogP contribution in [0.2, 0.25) is 0 Å². The highest BCUT2D eigenvalue weighted by molar-refractivity contribution is 5.85. The third kappa shape index (κ3) is 2.16. The van der Waals surface area contributed by atoms with Gasteiger partial charge in [-0.15, -0.1) is 0 Å². The first kappa shape index (κ1) is 13.7. The number of carbonyl (C=O) groups is 1. The van der Waals surface area contributed by atoms with Gasteiger partial charge in [0.1, 0.15) is 11.8 Å². The second-order valence-corrected chi connectivity index (χ2v) is 5.03. The van der Waals surface area contributed by atoms with E-state index in [0.29, 0.717) is 12.8 Å². The van der Waals surface area contributed by atoms with E-state index in [1.54, 1.807) is 0 Å². The third-order valence-corrected chi connectivity index (χ3v) is 3.98. The zero-order valence-corrected chi connectivity index (χ0v) is 11.3. The number of carbonyl (C=O) groups excluding carboxylic acids is 1. The number of hydrogen-bond acceptors (Lipinski definition) is 4. The van der Waals surface area contributed by atoms with Crippen LogP contribution in [0, 0.1) is 5.92 Å². The molecule has 0 bridgehead atoms. The van der Waals surface area contributed by atoms with Gasteiger partial charge in [-0.2, -0.15) is 0 Å². The van der Waals surface area contributed by atoms with Crippen molar-refractivity contribution < 1.29 is 9.53 Å². The molecule has 3 atom stereocenters. The van der Waals surface area contributed by atoms with Crippen molar-refractivity contribution in [3.8, 4) is 0 Å². The van der Waals surface area contributed by atoms with Crippen molar-refractivity contribution in [1.29, 1.82) is 0 Å². The first-order chi connectivity index (χ1) is 8.90. The maximum Gasteiger partial charge on any atom is 0.330 e. The average molecular weight is 266 g/mol. The van der Waals surface area contributed by atoms with Gasteiger partial charge in [-0.1, -0.05) is 13.8 Å². The van der Waals surface area contributed by atoms with Crippen LogP contribution in [-0.4, -0.2) is 20.9 Å². The highest BCUT2D eigenvalue weighted by Crippen LogP contribution is 2.43. The van der Waals surface area contributed by atoms with E-state index in [2.05, 4.69) is 4.98 Å². The number of ketones is 1. The van der Waals surface area contributed by atoms with E-state index >= 15 is 0 Å². The number of nitrogens with zero attached hydrogens (tertiary/aromatic N) is 1. The smallest absolute Gasteiger partial charge is 0.330 e. The number of rotatable bonds is 3. The van der Waals surface area contributed by atoms with Gasteiger partial charge in [-0.25, -0.2) is 4.79 Å². The second kappa shape index (κ2) is 4.77. The maximum absolute atomic E-state index is 11.9. The molecule has 104 valence electrons. The number of hydrogen-bond donors (Lipinski definition) is 1. The van der Waals surface area contributed by atoms with E-state index < -0.39 is 23.1 Å². The predicted molar refractivity (Wildman–Crippen MR) is 68.9 cm³/mol. The molecule has 0 amide bonds. The topological polar surface area (TPSA) is 81.2 Å².